The fourth-order valence-corrected chi connectivity index (χ4v) is 3.30. The Balaban J connectivity index is 1.70. The SMILES string of the molecule is CNC(=O)c1cc(OC2CCCN(C(=O)c3ccc(C(F)(F)F)nc3Cl)C2)ccn1. The maximum atomic E-state index is 12.8. The van der Waals surface area contributed by atoms with Crippen LogP contribution in [0.4, 0.5) is 13.2 Å². The van der Waals surface area contributed by atoms with Crippen LogP contribution in [0.25, 0.3) is 0 Å². The summed E-state index contributed by atoms with van der Waals surface area (Å²) in [6.45, 7) is 0.629. The monoisotopic (exact) mass is 442 g/mol. The summed E-state index contributed by atoms with van der Waals surface area (Å²) >= 11 is 5.84. The predicted molar refractivity (Wildman–Crippen MR) is 101 cm³/mol. The van der Waals surface area contributed by atoms with Gasteiger partial charge in [0.2, 0.25) is 0 Å². The Hall–Kier alpha value is -2.88. The molecule has 3 heterocycles. The number of alkyl halides is 3. The average Bonchev–Trinajstić information content (AvgIpc) is 2.72. The van der Waals surface area contributed by atoms with Crippen molar-refractivity contribution in [3.8, 4) is 5.75 Å². The first-order chi connectivity index (χ1) is 14.2. The van der Waals surface area contributed by atoms with E-state index in [0.29, 0.717) is 25.1 Å². The summed E-state index contributed by atoms with van der Waals surface area (Å²) in [5.41, 5.74) is -1.06. The van der Waals surface area contributed by atoms with Crippen molar-refractivity contribution in [2.75, 3.05) is 20.1 Å². The Morgan fingerprint density at radius 3 is 2.73 bits per heavy atom. The number of ether oxygens (including phenoxy) is 1. The molecule has 1 aliphatic heterocycles. The lowest BCUT2D eigenvalue weighted by Crippen LogP contribution is -2.44. The minimum absolute atomic E-state index is 0.101. The van der Waals surface area contributed by atoms with Crippen LogP contribution in [-0.2, 0) is 6.18 Å². The van der Waals surface area contributed by atoms with Crippen LogP contribution in [0.5, 0.6) is 5.75 Å². The number of carbonyl (C=O) groups is 2. The van der Waals surface area contributed by atoms with E-state index in [1.807, 2.05) is 0 Å². The molecule has 0 aromatic carbocycles. The van der Waals surface area contributed by atoms with Crippen LogP contribution in [0.15, 0.2) is 30.5 Å². The topological polar surface area (TPSA) is 84.4 Å². The highest BCUT2D eigenvalue weighted by molar-refractivity contribution is 6.32. The molecule has 7 nitrogen and oxygen atoms in total. The first kappa shape index (κ1) is 21.8. The second-order valence-corrected chi connectivity index (χ2v) is 6.98. The van der Waals surface area contributed by atoms with Gasteiger partial charge in [-0.3, -0.25) is 14.6 Å². The van der Waals surface area contributed by atoms with E-state index >= 15 is 0 Å². The Kier molecular flexibility index (Phi) is 6.45. The average molecular weight is 443 g/mol. The number of amides is 2. The van der Waals surface area contributed by atoms with E-state index in [2.05, 4.69) is 15.3 Å². The second-order valence-electron chi connectivity index (χ2n) is 6.62. The minimum atomic E-state index is -4.65. The molecule has 3 rings (SSSR count). The lowest BCUT2D eigenvalue weighted by atomic mass is 10.1. The number of hydrogen-bond acceptors (Lipinski definition) is 5. The van der Waals surface area contributed by atoms with Gasteiger partial charge in [-0.1, -0.05) is 11.6 Å². The van der Waals surface area contributed by atoms with Crippen LogP contribution >= 0.6 is 11.6 Å². The summed E-state index contributed by atoms with van der Waals surface area (Å²) in [4.78, 5) is 33.2. The number of nitrogens with zero attached hydrogens (tertiary/aromatic N) is 3. The van der Waals surface area contributed by atoms with E-state index < -0.39 is 22.9 Å². The number of nitrogens with one attached hydrogen (secondary N) is 1. The number of piperidine rings is 1. The van der Waals surface area contributed by atoms with Gasteiger partial charge < -0.3 is 15.0 Å². The van der Waals surface area contributed by atoms with Gasteiger partial charge in [0.1, 0.15) is 28.4 Å². The number of hydrogen-bond donors (Lipinski definition) is 1. The quantitative estimate of drug-likeness (QED) is 0.735. The molecule has 2 aromatic rings. The van der Waals surface area contributed by atoms with E-state index in [1.54, 1.807) is 6.07 Å². The zero-order valence-electron chi connectivity index (χ0n) is 15.9. The molecule has 1 saturated heterocycles. The van der Waals surface area contributed by atoms with Crippen molar-refractivity contribution < 1.29 is 27.5 Å². The molecule has 0 bridgehead atoms. The van der Waals surface area contributed by atoms with E-state index in [9.17, 15) is 22.8 Å². The van der Waals surface area contributed by atoms with Gasteiger partial charge in [0.25, 0.3) is 11.8 Å². The highest BCUT2D eigenvalue weighted by atomic mass is 35.5. The molecule has 11 heteroatoms. The van der Waals surface area contributed by atoms with Gasteiger partial charge in [0.15, 0.2) is 0 Å². The van der Waals surface area contributed by atoms with E-state index in [-0.39, 0.29) is 29.8 Å². The molecule has 30 heavy (non-hydrogen) atoms. The summed E-state index contributed by atoms with van der Waals surface area (Å²) in [5.74, 6) is -0.447. The summed E-state index contributed by atoms with van der Waals surface area (Å²) in [6.07, 6.45) is -2.26. The summed E-state index contributed by atoms with van der Waals surface area (Å²) in [7, 11) is 1.49. The van der Waals surface area contributed by atoms with Gasteiger partial charge in [-0.25, -0.2) is 4.98 Å². The van der Waals surface area contributed by atoms with Crippen molar-refractivity contribution in [1.82, 2.24) is 20.2 Å². The molecule has 2 amide bonds. The van der Waals surface area contributed by atoms with Crippen molar-refractivity contribution >= 4 is 23.4 Å². The normalized spacial score (nSPS) is 16.8. The largest absolute Gasteiger partial charge is 0.488 e. The molecule has 160 valence electrons. The second kappa shape index (κ2) is 8.86. The van der Waals surface area contributed by atoms with Crippen LogP contribution in [0, 0.1) is 0 Å². The molecule has 2 aromatic heterocycles. The van der Waals surface area contributed by atoms with Crippen molar-refractivity contribution in [3.05, 3.63) is 52.6 Å². The lowest BCUT2D eigenvalue weighted by molar-refractivity contribution is -0.141. The molecular weight excluding hydrogens is 425 g/mol. The number of aromatic nitrogens is 2. The number of carbonyl (C=O) groups excluding carboxylic acids is 2. The molecule has 1 unspecified atom stereocenters. The number of halogens is 4. The van der Waals surface area contributed by atoms with E-state index in [0.717, 1.165) is 12.1 Å². The lowest BCUT2D eigenvalue weighted by Gasteiger charge is -2.33. The predicted octanol–water partition coefficient (Wildman–Crippen LogP) is 3.19. The van der Waals surface area contributed by atoms with Crippen molar-refractivity contribution in [2.24, 2.45) is 0 Å². The molecular formula is C19H18ClF3N4O3. The summed E-state index contributed by atoms with van der Waals surface area (Å²) in [5, 5.41) is 1.97. The molecule has 0 radical (unpaired) electrons. The van der Waals surface area contributed by atoms with Crippen LogP contribution in [0.2, 0.25) is 5.15 Å². The Morgan fingerprint density at radius 1 is 1.30 bits per heavy atom. The molecule has 0 saturated carbocycles. The van der Waals surface area contributed by atoms with Crippen LogP contribution < -0.4 is 10.1 Å². The Labute approximate surface area is 175 Å². The van der Waals surface area contributed by atoms with Gasteiger partial charge in [-0.05, 0) is 31.0 Å². The first-order valence-corrected chi connectivity index (χ1v) is 9.44. The number of pyridine rings is 2. The fraction of sp³-hybridized carbons (Fsp3) is 0.368. The molecule has 0 aliphatic carbocycles. The van der Waals surface area contributed by atoms with Gasteiger partial charge in [-0.2, -0.15) is 13.2 Å². The smallest absolute Gasteiger partial charge is 0.433 e. The third-order valence-electron chi connectivity index (χ3n) is 4.53. The molecule has 1 N–H and O–H groups in total. The molecule has 1 fully saturated rings. The maximum absolute atomic E-state index is 12.8. The van der Waals surface area contributed by atoms with Crippen molar-refractivity contribution in [2.45, 2.75) is 25.1 Å². The maximum Gasteiger partial charge on any atom is 0.433 e. The van der Waals surface area contributed by atoms with Crippen molar-refractivity contribution in [3.63, 3.8) is 0 Å². The van der Waals surface area contributed by atoms with Crippen LogP contribution in [-0.4, -0.2) is 52.9 Å². The van der Waals surface area contributed by atoms with Crippen molar-refractivity contribution in [1.29, 1.82) is 0 Å². The van der Waals surface area contributed by atoms with Crippen LogP contribution in [0.3, 0.4) is 0 Å². The fourth-order valence-electron chi connectivity index (χ4n) is 3.07. The zero-order chi connectivity index (χ0) is 21.9. The van der Waals surface area contributed by atoms with Gasteiger partial charge in [-0.15, -0.1) is 0 Å². The van der Waals surface area contributed by atoms with Gasteiger partial charge in [0.05, 0.1) is 12.1 Å². The summed E-state index contributed by atoms with van der Waals surface area (Å²) in [6, 6.07) is 4.86. The summed E-state index contributed by atoms with van der Waals surface area (Å²) < 4.78 is 44.1. The molecule has 1 atom stereocenters. The third-order valence-corrected chi connectivity index (χ3v) is 4.82. The first-order valence-electron chi connectivity index (χ1n) is 9.07. The van der Waals surface area contributed by atoms with Crippen LogP contribution in [0.1, 0.15) is 39.4 Å². The van der Waals surface area contributed by atoms with E-state index in [4.69, 9.17) is 16.3 Å². The Morgan fingerprint density at radius 2 is 2.07 bits per heavy atom. The van der Waals surface area contributed by atoms with Gasteiger partial charge >= 0.3 is 6.18 Å². The molecule has 1 aliphatic rings. The highest BCUT2D eigenvalue weighted by Gasteiger charge is 2.34. The van der Waals surface area contributed by atoms with E-state index in [1.165, 1.54) is 24.2 Å². The number of likely N-dealkylation sites (tertiary alicyclic amines) is 1. The minimum Gasteiger partial charge on any atom is -0.488 e. The number of rotatable bonds is 4. The zero-order valence-corrected chi connectivity index (χ0v) is 16.6. The highest BCUT2D eigenvalue weighted by Crippen LogP contribution is 2.30. The third kappa shape index (κ3) is 4.99. The Bertz CT molecular complexity index is 955. The molecule has 0 spiro atoms. The van der Waals surface area contributed by atoms with Gasteiger partial charge in [0, 0.05) is 25.9 Å². The standard InChI is InChI=1S/C19H18ClF3N4O3/c1-24-17(28)14-9-11(6-7-25-14)30-12-3-2-8-27(10-12)18(29)13-4-5-15(19(21,22)23)26-16(13)20/h4-7,9,12H,2-3,8,10H2,1H3,(H,24,28).